The van der Waals surface area contributed by atoms with Gasteiger partial charge in [-0.25, -0.2) is 5.43 Å². The quantitative estimate of drug-likeness (QED) is 0.231. The van der Waals surface area contributed by atoms with Crippen molar-refractivity contribution in [2.75, 3.05) is 0 Å². The summed E-state index contributed by atoms with van der Waals surface area (Å²) >= 11 is 8.37. The highest BCUT2D eigenvalue weighted by molar-refractivity contribution is 7.16. The summed E-state index contributed by atoms with van der Waals surface area (Å²) in [5, 5.41) is 20.0. The number of carbonyl (C=O) groups excluding carboxylic acids is 2. The maximum absolute atomic E-state index is 12.5. The van der Waals surface area contributed by atoms with Crippen molar-refractivity contribution < 1.29 is 14.7 Å². The molecular formula is C24H19ClN4O3S2. The molecule has 0 bridgehead atoms. The number of rotatable bonds is 7. The van der Waals surface area contributed by atoms with E-state index in [0.29, 0.717) is 37.5 Å². The van der Waals surface area contributed by atoms with Crippen LogP contribution in [0.1, 0.15) is 37.4 Å². The van der Waals surface area contributed by atoms with Gasteiger partial charge in [-0.2, -0.15) is 5.10 Å². The van der Waals surface area contributed by atoms with Gasteiger partial charge in [0.15, 0.2) is 0 Å². The molecular weight excluding hydrogens is 492 g/mol. The van der Waals surface area contributed by atoms with Gasteiger partial charge in [0.05, 0.1) is 25.9 Å². The lowest BCUT2D eigenvalue weighted by Gasteiger charge is -2.03. The molecule has 2 amide bonds. The van der Waals surface area contributed by atoms with Gasteiger partial charge in [0, 0.05) is 29.3 Å². The first-order valence-corrected chi connectivity index (χ1v) is 12.2. The molecule has 0 spiro atoms. The molecule has 0 atom stereocenters. The Morgan fingerprint density at radius 2 is 1.82 bits per heavy atom. The summed E-state index contributed by atoms with van der Waals surface area (Å²) < 4.78 is 0. The van der Waals surface area contributed by atoms with E-state index in [1.807, 2.05) is 18.2 Å². The summed E-state index contributed by atoms with van der Waals surface area (Å²) in [6.07, 6.45) is 3.34. The van der Waals surface area contributed by atoms with Gasteiger partial charge in [-0.05, 0) is 48.4 Å². The van der Waals surface area contributed by atoms with Gasteiger partial charge < -0.3 is 10.4 Å². The Hall–Kier alpha value is -3.53. The normalized spacial score (nSPS) is 11.3. The standard InChI is InChI=1S/C24H19ClN4O3S2/c1-14(18-13-33-22(21(18)30)16-4-6-17(25)7-5-16)28-29-24(32)20-9-8-19(34-20)23(31)27-12-15-3-2-10-26-11-15/h2-11,13,30H,12H2,1H3,(H,27,31)(H,29,32). The number of halogens is 1. The molecule has 0 radical (unpaired) electrons. The Kier molecular flexibility index (Phi) is 7.36. The number of pyridine rings is 1. The molecule has 0 aliphatic rings. The minimum atomic E-state index is -0.441. The van der Waals surface area contributed by atoms with Crippen molar-refractivity contribution in [3.8, 4) is 16.2 Å². The highest BCUT2D eigenvalue weighted by atomic mass is 35.5. The lowest BCUT2D eigenvalue weighted by atomic mass is 10.1. The molecule has 4 aromatic rings. The molecule has 0 aliphatic carbocycles. The second kappa shape index (κ2) is 10.6. The largest absolute Gasteiger partial charge is 0.506 e. The fraction of sp³-hybridized carbons (Fsp3) is 0.0833. The van der Waals surface area contributed by atoms with E-state index in [0.717, 1.165) is 22.5 Å². The van der Waals surface area contributed by atoms with E-state index in [2.05, 4.69) is 20.8 Å². The molecule has 1 aromatic carbocycles. The first-order chi connectivity index (χ1) is 16.4. The number of hydrazone groups is 1. The van der Waals surface area contributed by atoms with Crippen LogP contribution in [0.15, 0.2) is 71.4 Å². The van der Waals surface area contributed by atoms with Crippen molar-refractivity contribution in [3.63, 3.8) is 0 Å². The maximum Gasteiger partial charge on any atom is 0.281 e. The third-order valence-electron chi connectivity index (χ3n) is 4.82. The minimum absolute atomic E-state index is 0.0894. The first kappa shape index (κ1) is 23.6. The average Bonchev–Trinajstić information content (AvgIpc) is 3.49. The SMILES string of the molecule is CC(=NNC(=O)c1ccc(C(=O)NCc2cccnc2)s1)c1csc(-c2ccc(Cl)cc2)c1O. The highest BCUT2D eigenvalue weighted by Gasteiger charge is 2.16. The van der Waals surface area contributed by atoms with Crippen molar-refractivity contribution in [1.82, 2.24) is 15.7 Å². The van der Waals surface area contributed by atoms with Crippen LogP contribution in [0.2, 0.25) is 5.02 Å². The number of nitrogens with zero attached hydrogens (tertiary/aromatic N) is 2. The number of thiophene rings is 2. The molecule has 10 heteroatoms. The molecule has 3 N–H and O–H groups in total. The zero-order valence-electron chi connectivity index (χ0n) is 17.9. The van der Waals surface area contributed by atoms with E-state index in [4.69, 9.17) is 11.6 Å². The summed E-state index contributed by atoms with van der Waals surface area (Å²) in [7, 11) is 0. The van der Waals surface area contributed by atoms with E-state index >= 15 is 0 Å². The molecule has 34 heavy (non-hydrogen) atoms. The van der Waals surface area contributed by atoms with Crippen molar-refractivity contribution in [2.24, 2.45) is 5.10 Å². The molecule has 4 rings (SSSR count). The average molecular weight is 511 g/mol. The second-order valence-electron chi connectivity index (χ2n) is 7.18. The molecule has 3 aromatic heterocycles. The summed E-state index contributed by atoms with van der Waals surface area (Å²) in [5.74, 6) is -0.625. The van der Waals surface area contributed by atoms with Crippen LogP contribution in [0.5, 0.6) is 5.75 Å². The molecule has 0 fully saturated rings. The Morgan fingerprint density at radius 1 is 1.09 bits per heavy atom. The van der Waals surface area contributed by atoms with E-state index in [1.165, 1.54) is 11.3 Å². The second-order valence-corrected chi connectivity index (χ2v) is 9.58. The van der Waals surface area contributed by atoms with Gasteiger partial charge in [-0.3, -0.25) is 14.6 Å². The van der Waals surface area contributed by atoms with Crippen LogP contribution in [-0.2, 0) is 6.54 Å². The molecule has 172 valence electrons. The Morgan fingerprint density at radius 3 is 2.53 bits per heavy atom. The zero-order chi connectivity index (χ0) is 24.1. The van der Waals surface area contributed by atoms with Crippen molar-refractivity contribution >= 4 is 51.8 Å². The molecule has 7 nitrogen and oxygen atoms in total. The van der Waals surface area contributed by atoms with Crippen LogP contribution in [0.3, 0.4) is 0 Å². The molecule has 0 unspecified atom stereocenters. The Bertz CT molecular complexity index is 1350. The fourth-order valence-electron chi connectivity index (χ4n) is 3.02. The topological polar surface area (TPSA) is 104 Å². The number of nitrogens with one attached hydrogen (secondary N) is 2. The van der Waals surface area contributed by atoms with Gasteiger partial charge >= 0.3 is 0 Å². The van der Waals surface area contributed by atoms with E-state index in [9.17, 15) is 14.7 Å². The lowest BCUT2D eigenvalue weighted by Crippen LogP contribution is -2.22. The van der Waals surface area contributed by atoms with Crippen molar-refractivity contribution in [1.29, 1.82) is 0 Å². The van der Waals surface area contributed by atoms with Crippen molar-refractivity contribution in [2.45, 2.75) is 13.5 Å². The maximum atomic E-state index is 12.5. The van der Waals surface area contributed by atoms with E-state index < -0.39 is 5.91 Å². The molecule has 3 heterocycles. The monoisotopic (exact) mass is 510 g/mol. The van der Waals surface area contributed by atoms with E-state index in [-0.39, 0.29) is 11.7 Å². The Labute approximate surface area is 208 Å². The van der Waals surface area contributed by atoms with Crippen molar-refractivity contribution in [3.05, 3.63) is 92.2 Å². The molecule has 0 aliphatic heterocycles. The van der Waals surface area contributed by atoms with Crippen LogP contribution in [0, 0.1) is 0 Å². The third kappa shape index (κ3) is 5.51. The Balaban J connectivity index is 1.39. The smallest absolute Gasteiger partial charge is 0.281 e. The van der Waals surface area contributed by atoms with Crippen LogP contribution >= 0.6 is 34.3 Å². The summed E-state index contributed by atoms with van der Waals surface area (Å²) in [6, 6.07) is 14.0. The van der Waals surface area contributed by atoms with Gasteiger partial charge in [0.2, 0.25) is 0 Å². The van der Waals surface area contributed by atoms with Gasteiger partial charge in [0.25, 0.3) is 11.8 Å². The summed E-state index contributed by atoms with van der Waals surface area (Å²) in [6.45, 7) is 2.04. The van der Waals surface area contributed by atoms with Crippen LogP contribution in [0.25, 0.3) is 10.4 Å². The third-order valence-corrected chi connectivity index (χ3v) is 7.17. The predicted molar refractivity (Wildman–Crippen MR) is 136 cm³/mol. The van der Waals surface area contributed by atoms with E-state index in [1.54, 1.807) is 55.0 Å². The number of hydrogen-bond acceptors (Lipinski definition) is 7. The molecule has 0 saturated carbocycles. The number of amides is 2. The van der Waals surface area contributed by atoms with Crippen LogP contribution in [-0.4, -0.2) is 27.6 Å². The number of benzene rings is 1. The number of carbonyl (C=O) groups is 2. The number of aromatic nitrogens is 1. The number of hydrogen-bond donors (Lipinski definition) is 3. The molecule has 0 saturated heterocycles. The first-order valence-electron chi connectivity index (χ1n) is 10.1. The highest BCUT2D eigenvalue weighted by Crippen LogP contribution is 2.39. The summed E-state index contributed by atoms with van der Waals surface area (Å²) in [4.78, 5) is 30.3. The lowest BCUT2D eigenvalue weighted by molar-refractivity contribution is 0.0950. The zero-order valence-corrected chi connectivity index (χ0v) is 20.3. The van der Waals surface area contributed by atoms with Gasteiger partial charge in [0.1, 0.15) is 5.75 Å². The summed E-state index contributed by atoms with van der Waals surface area (Å²) in [5.41, 5.74) is 5.18. The number of aromatic hydroxyl groups is 1. The van der Waals surface area contributed by atoms with Crippen LogP contribution < -0.4 is 10.7 Å². The predicted octanol–water partition coefficient (Wildman–Crippen LogP) is 5.31. The van der Waals surface area contributed by atoms with Gasteiger partial charge in [-0.15, -0.1) is 22.7 Å². The fourth-order valence-corrected chi connectivity index (χ4v) is 4.97. The van der Waals surface area contributed by atoms with Crippen LogP contribution in [0.4, 0.5) is 0 Å². The minimum Gasteiger partial charge on any atom is -0.506 e. The van der Waals surface area contributed by atoms with Gasteiger partial charge in [-0.1, -0.05) is 29.8 Å².